The number of hydrogen-bond donors (Lipinski definition) is 2. The topological polar surface area (TPSA) is 72.5 Å². The molecule has 0 aromatic heterocycles. The van der Waals surface area contributed by atoms with E-state index in [4.69, 9.17) is 10.5 Å². The molecule has 1 atom stereocenters. The molecule has 106 valence electrons. The van der Waals surface area contributed by atoms with Crippen molar-refractivity contribution in [2.45, 2.75) is 25.8 Å². The maximum Gasteiger partial charge on any atom is 0.325 e. The van der Waals surface area contributed by atoms with Crippen LogP contribution < -0.4 is 10.5 Å². The molecule has 20 heavy (non-hydrogen) atoms. The van der Waals surface area contributed by atoms with Crippen molar-refractivity contribution in [2.24, 2.45) is 5.73 Å². The van der Waals surface area contributed by atoms with Crippen LogP contribution in [0.3, 0.4) is 0 Å². The van der Waals surface area contributed by atoms with Crippen molar-refractivity contribution in [3.63, 3.8) is 0 Å². The quantitative estimate of drug-likeness (QED) is 0.793. The van der Waals surface area contributed by atoms with Crippen LogP contribution in [0.4, 0.5) is 0 Å². The van der Waals surface area contributed by atoms with E-state index >= 15 is 0 Å². The first-order valence-electron chi connectivity index (χ1n) is 6.78. The highest BCUT2D eigenvalue weighted by Gasteiger charge is 2.21. The fourth-order valence-corrected chi connectivity index (χ4v) is 2.17. The number of carbonyl (C=O) groups is 1. The van der Waals surface area contributed by atoms with E-state index in [1.807, 2.05) is 30.3 Å². The summed E-state index contributed by atoms with van der Waals surface area (Å²) in [6, 6.07) is 10.2. The summed E-state index contributed by atoms with van der Waals surface area (Å²) < 4.78 is 5.71. The smallest absolute Gasteiger partial charge is 0.325 e. The summed E-state index contributed by atoms with van der Waals surface area (Å²) in [5.74, 6) is -0.492. The monoisotopic (exact) mass is 273 g/mol. The molecule has 0 aliphatic carbocycles. The number of benzene rings is 2. The highest BCUT2D eigenvalue weighted by molar-refractivity contribution is 5.92. The Balaban J connectivity index is 2.50. The number of hydrogen-bond acceptors (Lipinski definition) is 3. The zero-order valence-corrected chi connectivity index (χ0v) is 11.5. The summed E-state index contributed by atoms with van der Waals surface area (Å²) in [5, 5.41) is 11.0. The first-order chi connectivity index (χ1) is 9.65. The van der Waals surface area contributed by atoms with Crippen molar-refractivity contribution in [1.82, 2.24) is 0 Å². The summed E-state index contributed by atoms with van der Waals surface area (Å²) in [6.45, 7) is 2.64. The van der Waals surface area contributed by atoms with Gasteiger partial charge in [-0.2, -0.15) is 0 Å². The van der Waals surface area contributed by atoms with E-state index in [0.29, 0.717) is 17.9 Å². The summed E-state index contributed by atoms with van der Waals surface area (Å²) in [5.41, 5.74) is 6.38. The second-order valence-corrected chi connectivity index (χ2v) is 4.72. The van der Waals surface area contributed by atoms with Gasteiger partial charge in [0, 0.05) is 5.56 Å². The van der Waals surface area contributed by atoms with Crippen LogP contribution in [-0.4, -0.2) is 17.7 Å². The molecule has 0 aliphatic rings. The molecule has 4 nitrogen and oxygen atoms in total. The summed E-state index contributed by atoms with van der Waals surface area (Å²) >= 11 is 0. The van der Waals surface area contributed by atoms with Gasteiger partial charge >= 0.3 is 5.97 Å². The van der Waals surface area contributed by atoms with E-state index in [2.05, 4.69) is 6.92 Å². The largest absolute Gasteiger partial charge is 0.493 e. The van der Waals surface area contributed by atoms with E-state index in [1.165, 1.54) is 0 Å². The standard InChI is InChI=1S/C16H19NO3/c1-2-3-10-20-13-9-8-11-6-4-5-7-12(11)14(13)15(17)16(18)19/h4-9,15H,2-3,10,17H2,1H3,(H,18,19). The Morgan fingerprint density at radius 2 is 2.05 bits per heavy atom. The normalized spacial score (nSPS) is 12.3. The van der Waals surface area contributed by atoms with Crippen LogP contribution in [0.25, 0.3) is 10.8 Å². The van der Waals surface area contributed by atoms with Gasteiger partial charge in [0.2, 0.25) is 0 Å². The zero-order chi connectivity index (χ0) is 14.5. The van der Waals surface area contributed by atoms with Crippen molar-refractivity contribution in [1.29, 1.82) is 0 Å². The van der Waals surface area contributed by atoms with E-state index in [0.717, 1.165) is 23.6 Å². The van der Waals surface area contributed by atoms with Gasteiger partial charge in [0.15, 0.2) is 0 Å². The number of ether oxygens (including phenoxy) is 1. The maximum atomic E-state index is 11.2. The first-order valence-corrected chi connectivity index (χ1v) is 6.78. The molecule has 3 N–H and O–H groups in total. The van der Waals surface area contributed by atoms with Crippen LogP contribution in [0.15, 0.2) is 36.4 Å². The van der Waals surface area contributed by atoms with Gasteiger partial charge in [0.1, 0.15) is 11.8 Å². The molecule has 0 fully saturated rings. The van der Waals surface area contributed by atoms with Crippen molar-refractivity contribution in [3.8, 4) is 5.75 Å². The first kappa shape index (κ1) is 14.3. The molecule has 2 rings (SSSR count). The molecule has 0 saturated heterocycles. The van der Waals surface area contributed by atoms with Crippen LogP contribution in [0.2, 0.25) is 0 Å². The third kappa shape index (κ3) is 2.91. The summed E-state index contributed by atoms with van der Waals surface area (Å²) in [6.07, 6.45) is 1.95. The lowest BCUT2D eigenvalue weighted by atomic mass is 9.98. The molecule has 0 spiro atoms. The zero-order valence-electron chi connectivity index (χ0n) is 11.5. The molecular formula is C16H19NO3. The van der Waals surface area contributed by atoms with Crippen LogP contribution in [-0.2, 0) is 4.79 Å². The lowest BCUT2D eigenvalue weighted by Crippen LogP contribution is -2.22. The van der Waals surface area contributed by atoms with Crippen LogP contribution in [0.5, 0.6) is 5.75 Å². The Morgan fingerprint density at radius 3 is 2.75 bits per heavy atom. The Kier molecular flexibility index (Phi) is 4.58. The molecule has 0 amide bonds. The van der Waals surface area contributed by atoms with E-state index < -0.39 is 12.0 Å². The predicted octanol–water partition coefficient (Wildman–Crippen LogP) is 3.10. The highest BCUT2D eigenvalue weighted by atomic mass is 16.5. The maximum absolute atomic E-state index is 11.2. The van der Waals surface area contributed by atoms with Crippen LogP contribution >= 0.6 is 0 Å². The second-order valence-electron chi connectivity index (χ2n) is 4.72. The van der Waals surface area contributed by atoms with Gasteiger partial charge in [-0.15, -0.1) is 0 Å². The Labute approximate surface area is 118 Å². The Morgan fingerprint density at radius 1 is 1.30 bits per heavy atom. The average Bonchev–Trinajstić information content (AvgIpc) is 2.46. The average molecular weight is 273 g/mol. The molecule has 0 saturated carbocycles. The molecule has 2 aromatic carbocycles. The summed E-state index contributed by atoms with van der Waals surface area (Å²) in [4.78, 5) is 11.2. The van der Waals surface area contributed by atoms with Crippen LogP contribution in [0.1, 0.15) is 31.4 Å². The lowest BCUT2D eigenvalue weighted by Gasteiger charge is -2.17. The molecule has 0 bridgehead atoms. The SMILES string of the molecule is CCCCOc1ccc2ccccc2c1C(N)C(=O)O. The lowest BCUT2D eigenvalue weighted by molar-refractivity contribution is -0.138. The van der Waals surface area contributed by atoms with Crippen molar-refractivity contribution < 1.29 is 14.6 Å². The second kappa shape index (κ2) is 6.39. The summed E-state index contributed by atoms with van der Waals surface area (Å²) in [7, 11) is 0. The van der Waals surface area contributed by atoms with Gasteiger partial charge in [0.25, 0.3) is 0 Å². The van der Waals surface area contributed by atoms with E-state index in [9.17, 15) is 9.90 Å². The molecular weight excluding hydrogens is 254 g/mol. The number of nitrogens with two attached hydrogens (primary N) is 1. The van der Waals surface area contributed by atoms with Gasteiger partial charge in [-0.25, -0.2) is 0 Å². The number of carboxylic acids is 1. The fraction of sp³-hybridized carbons (Fsp3) is 0.312. The van der Waals surface area contributed by atoms with Gasteiger partial charge in [-0.3, -0.25) is 4.79 Å². The molecule has 2 aromatic rings. The Hall–Kier alpha value is -2.07. The number of aliphatic carboxylic acids is 1. The van der Waals surface area contributed by atoms with Crippen LogP contribution in [0, 0.1) is 0 Å². The van der Waals surface area contributed by atoms with Crippen molar-refractivity contribution >= 4 is 16.7 Å². The molecule has 0 aliphatic heterocycles. The minimum absolute atomic E-state index is 0.548. The van der Waals surface area contributed by atoms with Crippen molar-refractivity contribution in [2.75, 3.05) is 6.61 Å². The third-order valence-electron chi connectivity index (χ3n) is 3.26. The predicted molar refractivity (Wildman–Crippen MR) is 78.9 cm³/mol. The number of rotatable bonds is 6. The minimum Gasteiger partial charge on any atom is -0.493 e. The molecule has 4 heteroatoms. The van der Waals surface area contributed by atoms with E-state index in [1.54, 1.807) is 6.07 Å². The Bertz CT molecular complexity index is 610. The highest BCUT2D eigenvalue weighted by Crippen LogP contribution is 2.32. The van der Waals surface area contributed by atoms with Gasteiger partial charge in [-0.05, 0) is 23.3 Å². The van der Waals surface area contributed by atoms with Gasteiger partial charge < -0.3 is 15.6 Å². The molecule has 0 heterocycles. The number of fused-ring (bicyclic) bond motifs is 1. The van der Waals surface area contributed by atoms with Gasteiger partial charge in [-0.1, -0.05) is 43.7 Å². The fourth-order valence-electron chi connectivity index (χ4n) is 2.17. The van der Waals surface area contributed by atoms with Crippen molar-refractivity contribution in [3.05, 3.63) is 42.0 Å². The number of carboxylic acid groups (broad SMARTS) is 1. The minimum atomic E-state index is -1.09. The third-order valence-corrected chi connectivity index (χ3v) is 3.26. The van der Waals surface area contributed by atoms with E-state index in [-0.39, 0.29) is 0 Å². The number of unbranched alkanes of at least 4 members (excludes halogenated alkanes) is 1. The molecule has 0 radical (unpaired) electrons. The molecule has 1 unspecified atom stereocenters. The van der Waals surface area contributed by atoms with Gasteiger partial charge in [0.05, 0.1) is 6.61 Å².